The summed E-state index contributed by atoms with van der Waals surface area (Å²) in [6.07, 6.45) is 3.74. The van der Waals surface area contributed by atoms with Crippen molar-refractivity contribution in [1.82, 2.24) is 4.98 Å². The quantitative estimate of drug-likeness (QED) is 0.813. The molecule has 0 radical (unpaired) electrons. The Morgan fingerprint density at radius 1 is 1.18 bits per heavy atom. The van der Waals surface area contributed by atoms with Crippen molar-refractivity contribution in [2.75, 3.05) is 12.4 Å². The molecule has 0 aliphatic heterocycles. The van der Waals surface area contributed by atoms with Gasteiger partial charge in [0.25, 0.3) is 0 Å². The number of nitrogens with two attached hydrogens (primary N) is 1. The highest BCUT2D eigenvalue weighted by Gasteiger charge is 2.14. The SMILES string of the molecule is COC(=O)c1ccc(NC(=O)[C@@H](N)Cc2ccncc2)cc1. The van der Waals surface area contributed by atoms with Gasteiger partial charge in [0.1, 0.15) is 0 Å². The number of hydrogen-bond donors (Lipinski definition) is 2. The molecule has 0 saturated heterocycles. The summed E-state index contributed by atoms with van der Waals surface area (Å²) in [4.78, 5) is 27.3. The Morgan fingerprint density at radius 3 is 2.41 bits per heavy atom. The van der Waals surface area contributed by atoms with Crippen LogP contribution in [0.5, 0.6) is 0 Å². The van der Waals surface area contributed by atoms with E-state index in [0.29, 0.717) is 17.7 Å². The van der Waals surface area contributed by atoms with Crippen molar-refractivity contribution in [3.63, 3.8) is 0 Å². The van der Waals surface area contributed by atoms with Crippen LogP contribution in [0.4, 0.5) is 5.69 Å². The maximum Gasteiger partial charge on any atom is 0.337 e. The van der Waals surface area contributed by atoms with Crippen LogP contribution in [0.3, 0.4) is 0 Å². The summed E-state index contributed by atoms with van der Waals surface area (Å²) < 4.78 is 4.61. The van der Waals surface area contributed by atoms with E-state index in [-0.39, 0.29) is 5.91 Å². The molecule has 0 bridgehead atoms. The Hall–Kier alpha value is -2.73. The maximum absolute atomic E-state index is 12.0. The Balaban J connectivity index is 1.95. The number of nitrogens with zero attached hydrogens (tertiary/aromatic N) is 1. The van der Waals surface area contributed by atoms with Crippen molar-refractivity contribution in [3.05, 3.63) is 59.9 Å². The number of pyridine rings is 1. The number of amides is 1. The van der Waals surface area contributed by atoms with Crippen LogP contribution in [0, 0.1) is 0 Å². The topological polar surface area (TPSA) is 94.3 Å². The van der Waals surface area contributed by atoms with Crippen LogP contribution in [0.15, 0.2) is 48.8 Å². The Labute approximate surface area is 128 Å². The van der Waals surface area contributed by atoms with Gasteiger partial charge in [0.2, 0.25) is 5.91 Å². The lowest BCUT2D eigenvalue weighted by molar-refractivity contribution is -0.117. The van der Waals surface area contributed by atoms with Gasteiger partial charge in [0.05, 0.1) is 18.7 Å². The molecule has 0 aliphatic carbocycles. The molecular weight excluding hydrogens is 282 g/mol. The van der Waals surface area contributed by atoms with Gasteiger partial charge in [-0.15, -0.1) is 0 Å². The third kappa shape index (κ3) is 4.13. The van der Waals surface area contributed by atoms with E-state index in [2.05, 4.69) is 15.0 Å². The molecule has 114 valence electrons. The largest absolute Gasteiger partial charge is 0.465 e. The predicted octanol–water partition coefficient (Wildman–Crippen LogP) is 1.38. The minimum Gasteiger partial charge on any atom is -0.465 e. The predicted molar refractivity (Wildman–Crippen MR) is 82.3 cm³/mol. The number of ether oxygens (including phenoxy) is 1. The number of carbonyl (C=O) groups excluding carboxylic acids is 2. The molecule has 6 heteroatoms. The number of esters is 1. The van der Waals surface area contributed by atoms with Crippen LogP contribution in [0.2, 0.25) is 0 Å². The molecule has 1 heterocycles. The number of nitrogens with one attached hydrogen (secondary N) is 1. The smallest absolute Gasteiger partial charge is 0.337 e. The highest BCUT2D eigenvalue weighted by atomic mass is 16.5. The van der Waals surface area contributed by atoms with Crippen molar-refractivity contribution in [2.24, 2.45) is 5.73 Å². The zero-order chi connectivity index (χ0) is 15.9. The third-order valence-corrected chi connectivity index (χ3v) is 3.12. The Morgan fingerprint density at radius 2 is 1.82 bits per heavy atom. The second kappa shape index (κ2) is 7.33. The van der Waals surface area contributed by atoms with Crippen LogP contribution in [0.25, 0.3) is 0 Å². The number of hydrogen-bond acceptors (Lipinski definition) is 5. The van der Waals surface area contributed by atoms with Crippen LogP contribution in [-0.2, 0) is 16.0 Å². The van der Waals surface area contributed by atoms with Gasteiger partial charge in [0, 0.05) is 18.1 Å². The minimum atomic E-state index is -0.664. The van der Waals surface area contributed by atoms with Crippen LogP contribution >= 0.6 is 0 Å². The summed E-state index contributed by atoms with van der Waals surface area (Å²) in [6, 6.07) is 9.39. The highest BCUT2D eigenvalue weighted by Crippen LogP contribution is 2.11. The van der Waals surface area contributed by atoms with Crippen molar-refractivity contribution < 1.29 is 14.3 Å². The lowest BCUT2D eigenvalue weighted by Gasteiger charge is -2.12. The molecule has 0 fully saturated rings. The van der Waals surface area contributed by atoms with Gasteiger partial charge in [-0.3, -0.25) is 9.78 Å². The summed E-state index contributed by atoms with van der Waals surface area (Å²) in [5, 5.41) is 2.71. The van der Waals surface area contributed by atoms with Crippen molar-refractivity contribution >= 4 is 17.6 Å². The molecule has 1 aromatic carbocycles. The maximum atomic E-state index is 12.0. The molecule has 3 N–H and O–H groups in total. The van der Waals surface area contributed by atoms with E-state index in [0.717, 1.165) is 5.56 Å². The van der Waals surface area contributed by atoms with E-state index in [1.807, 2.05) is 12.1 Å². The molecule has 1 atom stereocenters. The highest BCUT2D eigenvalue weighted by molar-refractivity contribution is 5.95. The summed E-state index contributed by atoms with van der Waals surface area (Å²) >= 11 is 0. The number of benzene rings is 1. The minimum absolute atomic E-state index is 0.289. The number of carbonyl (C=O) groups is 2. The molecule has 22 heavy (non-hydrogen) atoms. The summed E-state index contributed by atoms with van der Waals surface area (Å²) in [5.41, 5.74) is 7.82. The first-order chi connectivity index (χ1) is 10.6. The molecule has 2 rings (SSSR count). The van der Waals surface area contributed by atoms with E-state index < -0.39 is 12.0 Å². The Bertz CT molecular complexity index is 641. The van der Waals surface area contributed by atoms with Crippen LogP contribution in [0.1, 0.15) is 15.9 Å². The molecule has 1 amide bonds. The number of rotatable bonds is 5. The van der Waals surface area contributed by atoms with E-state index in [9.17, 15) is 9.59 Å². The second-order valence-corrected chi connectivity index (χ2v) is 4.72. The number of methoxy groups -OCH3 is 1. The van der Waals surface area contributed by atoms with Gasteiger partial charge in [0.15, 0.2) is 0 Å². The fourth-order valence-electron chi connectivity index (χ4n) is 1.91. The first kappa shape index (κ1) is 15.7. The average Bonchev–Trinajstić information content (AvgIpc) is 2.55. The Kier molecular flexibility index (Phi) is 5.21. The first-order valence-corrected chi connectivity index (χ1v) is 6.74. The molecule has 1 aromatic heterocycles. The molecule has 2 aromatic rings. The zero-order valence-electron chi connectivity index (χ0n) is 12.2. The number of anilines is 1. The van der Waals surface area contributed by atoms with Gasteiger partial charge >= 0.3 is 5.97 Å². The molecule has 6 nitrogen and oxygen atoms in total. The van der Waals surface area contributed by atoms with Gasteiger partial charge in [-0.1, -0.05) is 0 Å². The van der Waals surface area contributed by atoms with Gasteiger partial charge in [-0.05, 0) is 48.4 Å². The van der Waals surface area contributed by atoms with Gasteiger partial charge in [-0.25, -0.2) is 4.79 Å². The summed E-state index contributed by atoms with van der Waals surface area (Å²) in [7, 11) is 1.32. The molecular formula is C16H17N3O3. The summed E-state index contributed by atoms with van der Waals surface area (Å²) in [6.45, 7) is 0. The lowest BCUT2D eigenvalue weighted by Crippen LogP contribution is -2.37. The fraction of sp³-hybridized carbons (Fsp3) is 0.188. The van der Waals surface area contributed by atoms with Crippen molar-refractivity contribution in [1.29, 1.82) is 0 Å². The first-order valence-electron chi connectivity index (χ1n) is 6.74. The third-order valence-electron chi connectivity index (χ3n) is 3.12. The number of aromatic nitrogens is 1. The van der Waals surface area contributed by atoms with Crippen molar-refractivity contribution in [3.8, 4) is 0 Å². The molecule has 0 saturated carbocycles. The molecule has 0 aliphatic rings. The van der Waals surface area contributed by atoms with Crippen molar-refractivity contribution in [2.45, 2.75) is 12.5 Å². The average molecular weight is 299 g/mol. The van der Waals surface area contributed by atoms with Gasteiger partial charge < -0.3 is 15.8 Å². The normalized spacial score (nSPS) is 11.5. The summed E-state index contributed by atoms with van der Waals surface area (Å²) in [5.74, 6) is -0.713. The second-order valence-electron chi connectivity index (χ2n) is 4.72. The standard InChI is InChI=1S/C16H17N3O3/c1-22-16(21)12-2-4-13(5-3-12)19-15(20)14(17)10-11-6-8-18-9-7-11/h2-9,14H,10,17H2,1H3,(H,19,20)/t14-/m0/s1. The van der Waals surface area contributed by atoms with Crippen LogP contribution < -0.4 is 11.1 Å². The van der Waals surface area contributed by atoms with E-state index in [4.69, 9.17) is 5.73 Å². The molecule has 0 unspecified atom stereocenters. The monoisotopic (exact) mass is 299 g/mol. The zero-order valence-corrected chi connectivity index (χ0v) is 12.2. The fourth-order valence-corrected chi connectivity index (χ4v) is 1.91. The van der Waals surface area contributed by atoms with E-state index in [1.165, 1.54) is 7.11 Å². The van der Waals surface area contributed by atoms with E-state index >= 15 is 0 Å². The molecule has 0 spiro atoms. The van der Waals surface area contributed by atoms with Gasteiger partial charge in [-0.2, -0.15) is 0 Å². The lowest BCUT2D eigenvalue weighted by atomic mass is 10.1. The van der Waals surface area contributed by atoms with Crippen LogP contribution in [-0.4, -0.2) is 30.0 Å². The van der Waals surface area contributed by atoms with E-state index in [1.54, 1.807) is 36.7 Å².